The van der Waals surface area contributed by atoms with Gasteiger partial charge in [-0.05, 0) is 12.8 Å². The number of hydrogen-bond acceptors (Lipinski definition) is 3. The van der Waals surface area contributed by atoms with Crippen LogP contribution in [-0.2, 0) is 4.79 Å². The van der Waals surface area contributed by atoms with Crippen molar-refractivity contribution in [3.63, 3.8) is 0 Å². The van der Waals surface area contributed by atoms with E-state index in [1.54, 1.807) is 30.3 Å². The standard InChI is InChI=1S/C14H16O3/c15-12(11-7-3-1-4-8-11)13(16)14(17)9-5-2-6-10-14/h1,3-4,7-8,17H,2,5-6,9-10H2. The van der Waals surface area contributed by atoms with Crippen LogP contribution in [0.4, 0.5) is 0 Å². The summed E-state index contributed by atoms with van der Waals surface area (Å²) in [6.07, 6.45) is 3.46. The van der Waals surface area contributed by atoms with Crippen molar-refractivity contribution < 1.29 is 14.7 Å². The number of ketones is 2. The molecule has 0 aromatic heterocycles. The Morgan fingerprint density at radius 3 is 2.18 bits per heavy atom. The summed E-state index contributed by atoms with van der Waals surface area (Å²) in [6.45, 7) is 0. The molecule has 1 N–H and O–H groups in total. The molecule has 0 spiro atoms. The minimum atomic E-state index is -1.43. The number of aliphatic hydroxyl groups is 1. The smallest absolute Gasteiger partial charge is 0.234 e. The molecule has 0 amide bonds. The van der Waals surface area contributed by atoms with E-state index in [4.69, 9.17) is 0 Å². The molecule has 0 heterocycles. The lowest BCUT2D eigenvalue weighted by Gasteiger charge is -2.29. The van der Waals surface area contributed by atoms with Crippen LogP contribution in [0, 0.1) is 0 Å². The molecule has 90 valence electrons. The van der Waals surface area contributed by atoms with Crippen molar-refractivity contribution in [3.8, 4) is 0 Å². The molecule has 0 atom stereocenters. The van der Waals surface area contributed by atoms with E-state index in [0.29, 0.717) is 18.4 Å². The summed E-state index contributed by atoms with van der Waals surface area (Å²) in [5.41, 5.74) is -1.07. The summed E-state index contributed by atoms with van der Waals surface area (Å²) in [5.74, 6) is -1.22. The van der Waals surface area contributed by atoms with Gasteiger partial charge in [0, 0.05) is 5.56 Å². The van der Waals surface area contributed by atoms with Gasteiger partial charge in [0.2, 0.25) is 11.6 Å². The van der Waals surface area contributed by atoms with Crippen LogP contribution >= 0.6 is 0 Å². The number of hydrogen-bond donors (Lipinski definition) is 1. The lowest BCUT2D eigenvalue weighted by Crippen LogP contribution is -2.44. The van der Waals surface area contributed by atoms with E-state index in [1.807, 2.05) is 0 Å². The average Bonchev–Trinajstić information content (AvgIpc) is 2.39. The average molecular weight is 232 g/mol. The molecule has 1 aromatic carbocycles. The van der Waals surface area contributed by atoms with Crippen molar-refractivity contribution in [1.82, 2.24) is 0 Å². The van der Waals surface area contributed by atoms with Gasteiger partial charge < -0.3 is 5.11 Å². The van der Waals surface area contributed by atoms with E-state index >= 15 is 0 Å². The third-order valence-electron chi connectivity index (χ3n) is 3.35. The van der Waals surface area contributed by atoms with Gasteiger partial charge in [-0.15, -0.1) is 0 Å². The van der Waals surface area contributed by atoms with Crippen molar-refractivity contribution in [2.75, 3.05) is 0 Å². The topological polar surface area (TPSA) is 54.4 Å². The van der Waals surface area contributed by atoms with Crippen molar-refractivity contribution in [3.05, 3.63) is 35.9 Å². The van der Waals surface area contributed by atoms with Crippen molar-refractivity contribution in [2.45, 2.75) is 37.7 Å². The van der Waals surface area contributed by atoms with E-state index in [-0.39, 0.29) is 0 Å². The van der Waals surface area contributed by atoms with Crippen LogP contribution < -0.4 is 0 Å². The molecule has 3 heteroatoms. The number of rotatable bonds is 3. The second-order valence-corrected chi connectivity index (χ2v) is 4.62. The zero-order valence-corrected chi connectivity index (χ0v) is 9.69. The molecular weight excluding hydrogens is 216 g/mol. The first-order valence-electron chi connectivity index (χ1n) is 6.00. The molecule has 0 saturated heterocycles. The molecule has 0 unspecified atom stereocenters. The molecule has 1 aliphatic rings. The van der Waals surface area contributed by atoms with Gasteiger partial charge in [0.05, 0.1) is 0 Å². The Kier molecular flexibility index (Phi) is 3.38. The van der Waals surface area contributed by atoms with Gasteiger partial charge in [0.25, 0.3) is 0 Å². The van der Waals surface area contributed by atoms with Gasteiger partial charge in [-0.25, -0.2) is 0 Å². The highest BCUT2D eigenvalue weighted by Crippen LogP contribution is 2.29. The van der Waals surface area contributed by atoms with Crippen LogP contribution in [0.25, 0.3) is 0 Å². The Morgan fingerprint density at radius 2 is 1.59 bits per heavy atom. The van der Waals surface area contributed by atoms with Crippen LogP contribution in [-0.4, -0.2) is 22.3 Å². The number of benzene rings is 1. The molecule has 1 fully saturated rings. The van der Waals surface area contributed by atoms with E-state index in [9.17, 15) is 14.7 Å². The van der Waals surface area contributed by atoms with Crippen molar-refractivity contribution >= 4 is 11.6 Å². The Labute approximate surface area is 100 Å². The second kappa shape index (κ2) is 4.80. The first kappa shape index (κ1) is 12.0. The van der Waals surface area contributed by atoms with Crippen LogP contribution in [0.15, 0.2) is 30.3 Å². The first-order chi connectivity index (χ1) is 8.13. The molecule has 0 aliphatic heterocycles. The molecule has 3 nitrogen and oxygen atoms in total. The maximum absolute atomic E-state index is 12.0. The summed E-state index contributed by atoms with van der Waals surface area (Å²) in [6, 6.07) is 8.42. The lowest BCUT2D eigenvalue weighted by molar-refractivity contribution is -0.135. The molecule has 1 aliphatic carbocycles. The van der Waals surface area contributed by atoms with Gasteiger partial charge in [-0.1, -0.05) is 49.6 Å². The van der Waals surface area contributed by atoms with Crippen LogP contribution in [0.3, 0.4) is 0 Å². The van der Waals surface area contributed by atoms with Gasteiger partial charge in [-0.3, -0.25) is 9.59 Å². The predicted molar refractivity (Wildman–Crippen MR) is 63.8 cm³/mol. The molecule has 2 rings (SSSR count). The second-order valence-electron chi connectivity index (χ2n) is 4.62. The van der Waals surface area contributed by atoms with Crippen molar-refractivity contribution in [2.24, 2.45) is 0 Å². The Bertz CT molecular complexity index is 416. The normalized spacial score (nSPS) is 18.6. The summed E-state index contributed by atoms with van der Waals surface area (Å²) >= 11 is 0. The number of carbonyl (C=O) groups is 2. The highest BCUT2D eigenvalue weighted by molar-refractivity contribution is 6.46. The maximum atomic E-state index is 12.0. The highest BCUT2D eigenvalue weighted by Gasteiger charge is 2.40. The Hall–Kier alpha value is -1.48. The lowest BCUT2D eigenvalue weighted by atomic mass is 9.79. The predicted octanol–water partition coefficient (Wildman–Crippen LogP) is 2.13. The van der Waals surface area contributed by atoms with Crippen LogP contribution in [0.2, 0.25) is 0 Å². The van der Waals surface area contributed by atoms with Gasteiger partial charge >= 0.3 is 0 Å². The largest absolute Gasteiger partial charge is 0.382 e. The Balaban J connectivity index is 2.17. The molecular formula is C14H16O3. The highest BCUT2D eigenvalue weighted by atomic mass is 16.3. The van der Waals surface area contributed by atoms with Gasteiger partial charge in [-0.2, -0.15) is 0 Å². The zero-order valence-electron chi connectivity index (χ0n) is 9.69. The summed E-state index contributed by atoms with van der Waals surface area (Å²) in [5, 5.41) is 10.2. The molecule has 1 aromatic rings. The number of Topliss-reactive ketones (excluding diaryl/α,β-unsaturated/α-hetero) is 2. The van der Waals surface area contributed by atoms with E-state index in [2.05, 4.69) is 0 Å². The SMILES string of the molecule is O=C(C(=O)C1(O)CCCCC1)c1ccccc1. The van der Waals surface area contributed by atoms with E-state index in [1.165, 1.54) is 0 Å². The minimum Gasteiger partial charge on any atom is -0.382 e. The summed E-state index contributed by atoms with van der Waals surface area (Å²) < 4.78 is 0. The molecule has 0 radical (unpaired) electrons. The van der Waals surface area contributed by atoms with E-state index in [0.717, 1.165) is 19.3 Å². The molecule has 0 bridgehead atoms. The fourth-order valence-corrected chi connectivity index (χ4v) is 2.30. The minimum absolute atomic E-state index is 0.358. The quantitative estimate of drug-likeness (QED) is 0.641. The van der Waals surface area contributed by atoms with Gasteiger partial charge in [0.15, 0.2) is 0 Å². The number of carbonyl (C=O) groups excluding carboxylic acids is 2. The van der Waals surface area contributed by atoms with E-state index < -0.39 is 17.2 Å². The van der Waals surface area contributed by atoms with Crippen LogP contribution in [0.5, 0.6) is 0 Å². The monoisotopic (exact) mass is 232 g/mol. The Morgan fingerprint density at radius 1 is 1.00 bits per heavy atom. The molecule has 1 saturated carbocycles. The van der Waals surface area contributed by atoms with Gasteiger partial charge in [0.1, 0.15) is 5.60 Å². The summed E-state index contributed by atoms with van der Waals surface area (Å²) in [4.78, 5) is 24.0. The molecule has 17 heavy (non-hydrogen) atoms. The fourth-order valence-electron chi connectivity index (χ4n) is 2.30. The zero-order chi connectivity index (χ0) is 12.3. The van der Waals surface area contributed by atoms with Crippen LogP contribution in [0.1, 0.15) is 42.5 Å². The fraction of sp³-hybridized carbons (Fsp3) is 0.429. The third-order valence-corrected chi connectivity index (χ3v) is 3.35. The summed E-state index contributed by atoms with van der Waals surface area (Å²) in [7, 11) is 0. The van der Waals surface area contributed by atoms with Crippen molar-refractivity contribution in [1.29, 1.82) is 0 Å². The first-order valence-corrected chi connectivity index (χ1v) is 6.00. The third kappa shape index (κ3) is 2.44. The maximum Gasteiger partial charge on any atom is 0.234 e.